The van der Waals surface area contributed by atoms with Crippen molar-refractivity contribution in [1.29, 1.82) is 0 Å². The molecule has 3 aliphatic rings. The minimum absolute atomic E-state index is 0.152. The monoisotopic (exact) mass is 338 g/mol. The van der Waals surface area contributed by atoms with E-state index in [2.05, 4.69) is 6.92 Å². The van der Waals surface area contributed by atoms with Gasteiger partial charge in [0.15, 0.2) is 0 Å². The zero-order valence-electron chi connectivity index (χ0n) is 14.8. The number of unbranched alkanes of at least 4 members (excludes halogenated alkanes) is 7. The summed E-state index contributed by atoms with van der Waals surface area (Å²) in [5, 5.41) is 0. The lowest BCUT2D eigenvalue weighted by Crippen LogP contribution is -2.44. The fourth-order valence-electron chi connectivity index (χ4n) is 4.49. The highest BCUT2D eigenvalue weighted by Gasteiger charge is 2.69. The first-order chi connectivity index (χ1) is 11.7. The lowest BCUT2D eigenvalue weighted by molar-refractivity contribution is -0.161. The number of carbonyl (C=O) groups is 2. The summed E-state index contributed by atoms with van der Waals surface area (Å²) in [6.45, 7) is 3.34. The Hall–Kier alpha value is -0.940. The van der Waals surface area contributed by atoms with Crippen LogP contribution in [0, 0.1) is 11.8 Å². The Bertz CT molecular complexity index is 463. The van der Waals surface area contributed by atoms with Gasteiger partial charge in [-0.05, 0) is 19.3 Å². The largest absolute Gasteiger partial charge is 0.393 e. The van der Waals surface area contributed by atoms with E-state index in [0.717, 1.165) is 19.3 Å². The quantitative estimate of drug-likeness (QED) is 0.328. The Morgan fingerprint density at radius 3 is 2.50 bits per heavy atom. The van der Waals surface area contributed by atoms with E-state index in [1.807, 2.05) is 0 Å². The molecule has 0 N–H and O–H groups in total. The third-order valence-corrected chi connectivity index (χ3v) is 5.78. The Morgan fingerprint density at radius 1 is 1.04 bits per heavy atom. The van der Waals surface area contributed by atoms with Crippen LogP contribution in [-0.2, 0) is 23.8 Å². The highest BCUT2D eigenvalue weighted by Crippen LogP contribution is 2.54. The van der Waals surface area contributed by atoms with Gasteiger partial charge >= 0.3 is 11.9 Å². The van der Waals surface area contributed by atoms with Gasteiger partial charge in [0, 0.05) is 6.61 Å². The van der Waals surface area contributed by atoms with Crippen molar-refractivity contribution >= 4 is 11.9 Å². The van der Waals surface area contributed by atoms with Crippen molar-refractivity contribution in [3.05, 3.63) is 0 Å². The van der Waals surface area contributed by atoms with Gasteiger partial charge in [0.05, 0.1) is 18.6 Å². The van der Waals surface area contributed by atoms with Crippen LogP contribution in [0.5, 0.6) is 0 Å². The van der Waals surface area contributed by atoms with Crippen molar-refractivity contribution in [1.82, 2.24) is 0 Å². The molecular weight excluding hydrogens is 308 g/mol. The number of hydrogen-bond donors (Lipinski definition) is 0. The SMILES string of the molecule is CCCCCCCCCCOC[C@@]12CC[C@@H](O1)C1C(=O)OC(=O)C12. The van der Waals surface area contributed by atoms with Crippen molar-refractivity contribution in [2.24, 2.45) is 11.8 Å². The molecule has 5 nitrogen and oxygen atoms in total. The van der Waals surface area contributed by atoms with E-state index in [1.165, 1.54) is 44.9 Å². The van der Waals surface area contributed by atoms with E-state index in [4.69, 9.17) is 14.2 Å². The molecule has 3 heterocycles. The molecule has 5 heteroatoms. The Balaban J connectivity index is 1.32. The van der Waals surface area contributed by atoms with Crippen LogP contribution >= 0.6 is 0 Å². The maximum atomic E-state index is 12.0. The van der Waals surface area contributed by atoms with E-state index in [1.54, 1.807) is 0 Å². The lowest BCUT2D eigenvalue weighted by Gasteiger charge is -2.29. The number of esters is 2. The molecule has 3 fully saturated rings. The smallest absolute Gasteiger partial charge is 0.320 e. The molecular formula is C19H30O5. The van der Waals surface area contributed by atoms with Crippen molar-refractivity contribution in [3.8, 4) is 0 Å². The summed E-state index contributed by atoms with van der Waals surface area (Å²) in [5.41, 5.74) is -0.612. The van der Waals surface area contributed by atoms with E-state index < -0.39 is 29.4 Å². The molecule has 3 aliphatic heterocycles. The van der Waals surface area contributed by atoms with Gasteiger partial charge in [0.25, 0.3) is 0 Å². The molecule has 0 amide bonds. The van der Waals surface area contributed by atoms with Gasteiger partial charge in [-0.3, -0.25) is 9.59 Å². The van der Waals surface area contributed by atoms with Gasteiger partial charge in [-0.15, -0.1) is 0 Å². The number of carbonyl (C=O) groups excluding carboxylic acids is 2. The van der Waals surface area contributed by atoms with E-state index in [9.17, 15) is 9.59 Å². The van der Waals surface area contributed by atoms with Gasteiger partial charge in [-0.2, -0.15) is 0 Å². The highest BCUT2D eigenvalue weighted by molar-refractivity contribution is 5.98. The lowest BCUT2D eigenvalue weighted by atomic mass is 9.73. The first kappa shape index (κ1) is 17.9. The zero-order valence-corrected chi connectivity index (χ0v) is 14.8. The summed E-state index contributed by atoms with van der Waals surface area (Å²) < 4.78 is 16.7. The molecule has 0 radical (unpaired) electrons. The molecule has 3 rings (SSSR count). The zero-order chi connectivity index (χ0) is 17.0. The summed E-state index contributed by atoms with van der Waals surface area (Å²) in [7, 11) is 0. The molecule has 2 bridgehead atoms. The minimum atomic E-state index is -0.612. The Labute approximate surface area is 144 Å². The van der Waals surface area contributed by atoms with Crippen LogP contribution in [0.2, 0.25) is 0 Å². The van der Waals surface area contributed by atoms with Gasteiger partial charge in [0.2, 0.25) is 0 Å². The average Bonchev–Trinajstić information content (AvgIpc) is 3.21. The molecule has 0 spiro atoms. The molecule has 0 saturated carbocycles. The van der Waals surface area contributed by atoms with Gasteiger partial charge in [0.1, 0.15) is 11.5 Å². The summed E-state index contributed by atoms with van der Waals surface area (Å²) in [4.78, 5) is 23.7. The van der Waals surface area contributed by atoms with Crippen LogP contribution in [0.4, 0.5) is 0 Å². The van der Waals surface area contributed by atoms with Crippen molar-refractivity contribution < 1.29 is 23.8 Å². The second-order valence-electron chi connectivity index (χ2n) is 7.53. The standard InChI is InChI=1S/C19H30O5/c1-2-3-4-5-6-7-8-9-12-22-13-19-11-10-14(24-19)15-16(19)18(21)23-17(15)20/h14-16H,2-13H2,1H3/t14-,15?,16?,19-/m1/s1. The first-order valence-corrected chi connectivity index (χ1v) is 9.69. The van der Waals surface area contributed by atoms with E-state index >= 15 is 0 Å². The fraction of sp³-hybridized carbons (Fsp3) is 0.895. The Morgan fingerprint density at radius 2 is 1.75 bits per heavy atom. The van der Waals surface area contributed by atoms with Crippen LogP contribution in [0.25, 0.3) is 0 Å². The number of rotatable bonds is 11. The van der Waals surface area contributed by atoms with Crippen LogP contribution in [0.1, 0.15) is 71.1 Å². The van der Waals surface area contributed by atoms with Gasteiger partial charge in [-0.25, -0.2) is 0 Å². The third kappa shape index (κ3) is 3.52. The molecule has 3 saturated heterocycles. The number of cyclic esters (lactones) is 2. The minimum Gasteiger partial charge on any atom is -0.393 e. The van der Waals surface area contributed by atoms with Crippen LogP contribution in [-0.4, -0.2) is 36.9 Å². The molecule has 24 heavy (non-hydrogen) atoms. The third-order valence-electron chi connectivity index (χ3n) is 5.78. The number of ether oxygens (including phenoxy) is 3. The van der Waals surface area contributed by atoms with Crippen molar-refractivity contribution in [3.63, 3.8) is 0 Å². The van der Waals surface area contributed by atoms with E-state index in [-0.39, 0.29) is 6.10 Å². The highest BCUT2D eigenvalue weighted by atomic mass is 16.6. The normalized spacial score (nSPS) is 34.0. The summed E-state index contributed by atoms with van der Waals surface area (Å²) in [6, 6.07) is 0. The second-order valence-corrected chi connectivity index (χ2v) is 7.53. The van der Waals surface area contributed by atoms with Crippen LogP contribution in [0.15, 0.2) is 0 Å². The fourth-order valence-corrected chi connectivity index (χ4v) is 4.49. The molecule has 0 aromatic heterocycles. The molecule has 4 atom stereocenters. The molecule has 0 aliphatic carbocycles. The Kier molecular flexibility index (Phi) is 5.93. The number of fused-ring (bicyclic) bond motifs is 5. The van der Waals surface area contributed by atoms with Gasteiger partial charge < -0.3 is 14.2 Å². The van der Waals surface area contributed by atoms with Gasteiger partial charge in [-0.1, -0.05) is 51.9 Å². The molecule has 2 unspecified atom stereocenters. The second kappa shape index (κ2) is 7.96. The predicted molar refractivity (Wildman–Crippen MR) is 88.3 cm³/mol. The molecule has 0 aromatic carbocycles. The predicted octanol–water partition coefficient (Wildman–Crippen LogP) is 3.39. The molecule has 136 valence electrons. The first-order valence-electron chi connectivity index (χ1n) is 9.69. The number of hydrogen-bond acceptors (Lipinski definition) is 5. The topological polar surface area (TPSA) is 61.8 Å². The average molecular weight is 338 g/mol. The summed E-state index contributed by atoms with van der Waals surface area (Å²) >= 11 is 0. The summed E-state index contributed by atoms with van der Waals surface area (Å²) in [6.07, 6.45) is 11.6. The van der Waals surface area contributed by atoms with E-state index in [0.29, 0.717) is 13.2 Å². The maximum absolute atomic E-state index is 12.0. The molecule has 0 aromatic rings. The van der Waals surface area contributed by atoms with Crippen LogP contribution in [0.3, 0.4) is 0 Å². The van der Waals surface area contributed by atoms with Crippen molar-refractivity contribution in [2.75, 3.05) is 13.2 Å². The maximum Gasteiger partial charge on any atom is 0.320 e. The summed E-state index contributed by atoms with van der Waals surface area (Å²) in [5.74, 6) is -1.65. The van der Waals surface area contributed by atoms with Crippen LogP contribution < -0.4 is 0 Å². The van der Waals surface area contributed by atoms with Crippen molar-refractivity contribution in [2.45, 2.75) is 82.8 Å².